The SMILES string of the molecule is CCOCO[C@@H]1[C@@H]2CC[C@@H]3[C@H](CC[C@]4(C)[C@@H]([C@H](C)CCCC(C)(C)O)CC[C@@H]34)[C@@]2(C)CCC1(C)O. The molecule has 4 fully saturated rings. The Bertz CT molecular complexity index is 713. The Morgan fingerprint density at radius 1 is 0.914 bits per heavy atom. The van der Waals surface area contributed by atoms with E-state index in [-0.39, 0.29) is 11.5 Å². The topological polar surface area (TPSA) is 58.9 Å². The Kier molecular flexibility index (Phi) is 8.11. The standard InChI is InChI=1S/C31H56O4/c1-8-34-20-35-27-26-12-11-22-24-14-13-23(21(2)10-9-16-28(3,4)32)29(24,5)17-15-25(22)30(26,6)18-19-31(27,7)33/h21-27,32-33H,8-20H2,1-7H3/t21-,22+,23-,24+,25+,26+,27-,29-,30-,31?/m1/s1. The molecule has 2 N–H and O–H groups in total. The predicted octanol–water partition coefficient (Wildman–Crippen LogP) is 6.96. The average molecular weight is 493 g/mol. The molecule has 4 aliphatic carbocycles. The van der Waals surface area contributed by atoms with Crippen LogP contribution in [-0.2, 0) is 9.47 Å². The van der Waals surface area contributed by atoms with E-state index in [1.165, 1.54) is 44.9 Å². The molecule has 1 unspecified atom stereocenters. The Morgan fingerprint density at radius 2 is 1.60 bits per heavy atom. The number of rotatable bonds is 9. The molecule has 4 saturated carbocycles. The van der Waals surface area contributed by atoms with Crippen molar-refractivity contribution in [2.24, 2.45) is 46.3 Å². The van der Waals surface area contributed by atoms with Crippen LogP contribution in [0.15, 0.2) is 0 Å². The third-order valence-corrected chi connectivity index (χ3v) is 11.8. The van der Waals surface area contributed by atoms with Crippen LogP contribution in [-0.4, -0.2) is 40.9 Å². The summed E-state index contributed by atoms with van der Waals surface area (Å²) in [5.74, 6) is 4.45. The van der Waals surface area contributed by atoms with E-state index in [9.17, 15) is 10.2 Å². The molecule has 0 aromatic heterocycles. The summed E-state index contributed by atoms with van der Waals surface area (Å²) in [6.45, 7) is 16.5. The first-order valence-corrected chi connectivity index (χ1v) is 15.0. The van der Waals surface area contributed by atoms with Crippen LogP contribution in [0.5, 0.6) is 0 Å². The summed E-state index contributed by atoms with van der Waals surface area (Å²) in [7, 11) is 0. The molecule has 0 saturated heterocycles. The summed E-state index contributed by atoms with van der Waals surface area (Å²) in [6.07, 6.45) is 13.1. The molecular weight excluding hydrogens is 436 g/mol. The van der Waals surface area contributed by atoms with Gasteiger partial charge < -0.3 is 19.7 Å². The van der Waals surface area contributed by atoms with Crippen molar-refractivity contribution in [1.29, 1.82) is 0 Å². The van der Waals surface area contributed by atoms with Gasteiger partial charge in [-0.1, -0.05) is 33.6 Å². The van der Waals surface area contributed by atoms with Crippen LogP contribution in [0.25, 0.3) is 0 Å². The lowest BCUT2D eigenvalue weighted by atomic mass is 9.43. The lowest BCUT2D eigenvalue weighted by Crippen LogP contribution is -2.62. The van der Waals surface area contributed by atoms with Gasteiger partial charge in [0.2, 0.25) is 0 Å². The minimum atomic E-state index is -0.756. The first-order chi connectivity index (χ1) is 16.3. The Morgan fingerprint density at radius 3 is 2.29 bits per heavy atom. The second kappa shape index (κ2) is 10.2. The average Bonchev–Trinajstić information content (AvgIpc) is 3.12. The van der Waals surface area contributed by atoms with Gasteiger partial charge in [0.05, 0.1) is 17.3 Å². The van der Waals surface area contributed by atoms with Gasteiger partial charge in [0.15, 0.2) is 0 Å². The maximum Gasteiger partial charge on any atom is 0.147 e. The van der Waals surface area contributed by atoms with Crippen LogP contribution in [0, 0.1) is 46.3 Å². The molecular formula is C31H56O4. The number of hydrogen-bond acceptors (Lipinski definition) is 4. The van der Waals surface area contributed by atoms with Crippen molar-refractivity contribution in [3.05, 3.63) is 0 Å². The molecule has 0 aromatic carbocycles. The second-order valence-electron chi connectivity index (χ2n) is 14.5. The molecule has 0 aliphatic heterocycles. The fraction of sp³-hybridized carbons (Fsp3) is 1.00. The van der Waals surface area contributed by atoms with Gasteiger partial charge in [-0.25, -0.2) is 0 Å². The van der Waals surface area contributed by atoms with E-state index in [1.54, 1.807) is 0 Å². The summed E-state index contributed by atoms with van der Waals surface area (Å²) in [4.78, 5) is 0. The Balaban J connectivity index is 1.47. The summed E-state index contributed by atoms with van der Waals surface area (Å²) in [5, 5.41) is 21.5. The summed E-state index contributed by atoms with van der Waals surface area (Å²) in [6, 6.07) is 0. The molecule has 35 heavy (non-hydrogen) atoms. The van der Waals surface area contributed by atoms with Gasteiger partial charge in [-0.05, 0) is 132 Å². The van der Waals surface area contributed by atoms with Gasteiger partial charge in [0.25, 0.3) is 0 Å². The molecule has 0 heterocycles. The zero-order valence-corrected chi connectivity index (χ0v) is 23.9. The number of aliphatic hydroxyl groups is 2. The molecule has 0 radical (unpaired) electrons. The van der Waals surface area contributed by atoms with E-state index in [0.717, 1.165) is 55.3 Å². The molecule has 4 heteroatoms. The largest absolute Gasteiger partial charge is 0.390 e. The maximum absolute atomic E-state index is 11.3. The number of ether oxygens (including phenoxy) is 2. The summed E-state index contributed by atoms with van der Waals surface area (Å²) < 4.78 is 11.8. The van der Waals surface area contributed by atoms with Crippen molar-refractivity contribution in [3.8, 4) is 0 Å². The van der Waals surface area contributed by atoms with Crippen LogP contribution in [0.3, 0.4) is 0 Å². The summed E-state index contributed by atoms with van der Waals surface area (Å²) >= 11 is 0. The van der Waals surface area contributed by atoms with Crippen molar-refractivity contribution in [3.63, 3.8) is 0 Å². The van der Waals surface area contributed by atoms with Gasteiger partial charge in [-0.15, -0.1) is 0 Å². The van der Waals surface area contributed by atoms with Crippen molar-refractivity contribution in [2.45, 2.75) is 136 Å². The predicted molar refractivity (Wildman–Crippen MR) is 142 cm³/mol. The molecule has 4 nitrogen and oxygen atoms in total. The van der Waals surface area contributed by atoms with Crippen LogP contribution < -0.4 is 0 Å². The van der Waals surface area contributed by atoms with E-state index in [2.05, 4.69) is 20.8 Å². The molecule has 0 aromatic rings. The third kappa shape index (κ3) is 5.25. The zero-order valence-electron chi connectivity index (χ0n) is 23.9. The zero-order chi connectivity index (χ0) is 25.6. The third-order valence-electron chi connectivity index (χ3n) is 11.8. The van der Waals surface area contributed by atoms with E-state index in [1.807, 2.05) is 27.7 Å². The molecule has 4 rings (SSSR count). The highest BCUT2D eigenvalue weighted by Gasteiger charge is 2.63. The fourth-order valence-corrected chi connectivity index (χ4v) is 9.99. The molecule has 204 valence electrons. The minimum Gasteiger partial charge on any atom is -0.390 e. The lowest BCUT2D eigenvalue weighted by Gasteiger charge is -2.63. The quantitative estimate of drug-likeness (QED) is 0.270. The molecule has 0 bridgehead atoms. The Hall–Kier alpha value is -0.160. The maximum atomic E-state index is 11.3. The van der Waals surface area contributed by atoms with Gasteiger partial charge in [0.1, 0.15) is 6.79 Å². The molecule has 0 spiro atoms. The highest BCUT2D eigenvalue weighted by atomic mass is 16.7. The number of fused-ring (bicyclic) bond motifs is 5. The van der Waals surface area contributed by atoms with Gasteiger partial charge in [0, 0.05) is 6.61 Å². The van der Waals surface area contributed by atoms with Crippen LogP contribution >= 0.6 is 0 Å². The minimum absolute atomic E-state index is 0.116. The van der Waals surface area contributed by atoms with Crippen molar-refractivity contribution in [1.82, 2.24) is 0 Å². The van der Waals surface area contributed by atoms with Gasteiger partial charge >= 0.3 is 0 Å². The van der Waals surface area contributed by atoms with Crippen molar-refractivity contribution >= 4 is 0 Å². The van der Waals surface area contributed by atoms with E-state index < -0.39 is 11.2 Å². The van der Waals surface area contributed by atoms with Gasteiger partial charge in [-0.2, -0.15) is 0 Å². The number of hydrogen-bond donors (Lipinski definition) is 2. The highest BCUT2D eigenvalue weighted by Crippen LogP contribution is 2.69. The molecule has 10 atom stereocenters. The van der Waals surface area contributed by atoms with Gasteiger partial charge in [-0.3, -0.25) is 0 Å². The molecule has 0 amide bonds. The van der Waals surface area contributed by atoms with Crippen molar-refractivity contribution in [2.75, 3.05) is 13.4 Å². The molecule has 4 aliphatic rings. The normalized spacial score (nSPS) is 46.5. The summed E-state index contributed by atoms with van der Waals surface area (Å²) in [5.41, 5.74) is -0.555. The van der Waals surface area contributed by atoms with Crippen LogP contribution in [0.2, 0.25) is 0 Å². The first-order valence-electron chi connectivity index (χ1n) is 15.0. The van der Waals surface area contributed by atoms with E-state index in [0.29, 0.717) is 24.7 Å². The fourth-order valence-electron chi connectivity index (χ4n) is 9.99. The smallest absolute Gasteiger partial charge is 0.147 e. The second-order valence-corrected chi connectivity index (χ2v) is 14.5. The Labute approximate surface area is 215 Å². The van der Waals surface area contributed by atoms with E-state index >= 15 is 0 Å². The van der Waals surface area contributed by atoms with Crippen LogP contribution in [0.1, 0.15) is 119 Å². The first kappa shape index (κ1) is 27.9. The lowest BCUT2D eigenvalue weighted by molar-refractivity contribution is -0.242. The highest BCUT2D eigenvalue weighted by molar-refractivity contribution is 5.12. The monoisotopic (exact) mass is 492 g/mol. The van der Waals surface area contributed by atoms with Crippen molar-refractivity contribution < 1.29 is 19.7 Å². The van der Waals surface area contributed by atoms with E-state index in [4.69, 9.17) is 9.47 Å². The van der Waals surface area contributed by atoms with Crippen LogP contribution in [0.4, 0.5) is 0 Å².